The van der Waals surface area contributed by atoms with Crippen molar-refractivity contribution < 1.29 is 38.1 Å². The van der Waals surface area contributed by atoms with Gasteiger partial charge in [-0.25, -0.2) is 4.98 Å². The van der Waals surface area contributed by atoms with Gasteiger partial charge in [-0.2, -0.15) is 0 Å². The molecule has 3 rings (SSSR count). The fourth-order valence-corrected chi connectivity index (χ4v) is 3.51. The highest BCUT2D eigenvalue weighted by Crippen LogP contribution is 2.31. The van der Waals surface area contributed by atoms with Crippen LogP contribution in [0.15, 0.2) is 72.9 Å². The molecule has 0 amide bonds. The van der Waals surface area contributed by atoms with E-state index in [4.69, 9.17) is 23.7 Å². The minimum absolute atomic E-state index is 0.0401. The Labute approximate surface area is 221 Å². The Hall–Kier alpha value is -4.40. The van der Waals surface area contributed by atoms with Crippen molar-refractivity contribution in [1.29, 1.82) is 0 Å². The molecule has 2 aromatic carbocycles. The Morgan fingerprint density at radius 3 is 2.13 bits per heavy atom. The molecule has 0 saturated carbocycles. The Kier molecular flexibility index (Phi) is 10.2. The largest absolute Gasteiger partial charge is 0.493 e. The van der Waals surface area contributed by atoms with Crippen LogP contribution in [0.3, 0.4) is 0 Å². The molecule has 0 aliphatic rings. The molecule has 1 aromatic heterocycles. The summed E-state index contributed by atoms with van der Waals surface area (Å²) in [7, 11) is 1.38. The van der Waals surface area contributed by atoms with Crippen molar-refractivity contribution >= 4 is 17.7 Å². The maximum absolute atomic E-state index is 13.1. The van der Waals surface area contributed by atoms with Crippen LogP contribution in [0.1, 0.15) is 37.7 Å². The van der Waals surface area contributed by atoms with E-state index >= 15 is 0 Å². The first-order chi connectivity index (χ1) is 18.3. The zero-order chi connectivity index (χ0) is 27.5. The molecular formula is C29H31NO8. The molecule has 3 atom stereocenters. The Morgan fingerprint density at radius 2 is 1.53 bits per heavy atom. The van der Waals surface area contributed by atoms with Crippen molar-refractivity contribution in [2.24, 2.45) is 5.92 Å². The molecule has 0 N–H and O–H groups in total. The van der Waals surface area contributed by atoms with Gasteiger partial charge in [0.25, 0.3) is 0 Å². The van der Waals surface area contributed by atoms with Crippen LogP contribution in [0.2, 0.25) is 0 Å². The lowest BCUT2D eigenvalue weighted by Crippen LogP contribution is -2.39. The predicted octanol–water partition coefficient (Wildman–Crippen LogP) is 4.68. The van der Waals surface area contributed by atoms with Crippen molar-refractivity contribution in [3.63, 3.8) is 0 Å². The summed E-state index contributed by atoms with van der Waals surface area (Å²) < 4.78 is 27.9. The highest BCUT2D eigenvalue weighted by molar-refractivity contribution is 5.99. The number of pyridine rings is 1. The highest BCUT2D eigenvalue weighted by Gasteiger charge is 2.30. The number of aromatic nitrogens is 1. The van der Waals surface area contributed by atoms with Crippen molar-refractivity contribution in [3.8, 4) is 23.0 Å². The zero-order valence-electron chi connectivity index (χ0n) is 21.8. The summed E-state index contributed by atoms with van der Waals surface area (Å²) in [5.74, 6) is -1.26. The van der Waals surface area contributed by atoms with Crippen LogP contribution in [0.5, 0.6) is 23.0 Å². The van der Waals surface area contributed by atoms with Gasteiger partial charge in [-0.05, 0) is 31.2 Å². The first kappa shape index (κ1) is 28.2. The number of nitrogens with zero attached hydrogens (tertiary/aromatic N) is 1. The number of benzene rings is 2. The second-order valence-electron chi connectivity index (χ2n) is 8.55. The number of esters is 2. The lowest BCUT2D eigenvalue weighted by Gasteiger charge is -2.26. The molecule has 0 saturated heterocycles. The molecule has 0 unspecified atom stereocenters. The molecule has 9 nitrogen and oxygen atoms in total. The van der Waals surface area contributed by atoms with E-state index in [2.05, 4.69) is 4.98 Å². The second-order valence-corrected chi connectivity index (χ2v) is 8.55. The van der Waals surface area contributed by atoms with Crippen LogP contribution in [-0.4, -0.2) is 48.6 Å². The van der Waals surface area contributed by atoms with E-state index in [1.807, 2.05) is 36.4 Å². The Balaban J connectivity index is 1.71. The molecule has 3 aromatic rings. The van der Waals surface area contributed by atoms with E-state index in [0.717, 1.165) is 0 Å². The van der Waals surface area contributed by atoms with E-state index in [1.54, 1.807) is 38.1 Å². The number of ether oxygens (including phenoxy) is 5. The van der Waals surface area contributed by atoms with E-state index < -0.39 is 35.8 Å². The van der Waals surface area contributed by atoms with Gasteiger partial charge in [-0.15, -0.1) is 0 Å². The van der Waals surface area contributed by atoms with Gasteiger partial charge in [0.05, 0.1) is 13.0 Å². The molecular weight excluding hydrogens is 490 g/mol. The lowest BCUT2D eigenvalue weighted by molar-refractivity contribution is -0.160. The van der Waals surface area contributed by atoms with E-state index in [-0.39, 0.29) is 30.2 Å². The standard InChI is InChI=1S/C29H31NO8/c1-19(17-24(32)27-28(37-21(3)31)25(34-4)15-16-30-27)29(33)38-26(18-35-22-11-7-5-8-12-22)20(2)36-23-13-9-6-10-14-23/h5-16,19-20,26H,17-18H2,1-4H3/t19-,20+,26-/m1/s1. The number of hydrogen-bond donors (Lipinski definition) is 0. The summed E-state index contributed by atoms with van der Waals surface area (Å²) in [5.41, 5.74) is -0.107. The summed E-state index contributed by atoms with van der Waals surface area (Å²) in [6.45, 7) is 4.60. The Bertz CT molecular complexity index is 1220. The van der Waals surface area contributed by atoms with Gasteiger partial charge in [0, 0.05) is 25.6 Å². The van der Waals surface area contributed by atoms with E-state index in [1.165, 1.54) is 26.3 Å². The molecule has 1 heterocycles. The number of hydrogen-bond acceptors (Lipinski definition) is 9. The SMILES string of the molecule is COc1ccnc(C(=O)C[C@@H](C)C(=O)O[C@H](COc2ccccc2)[C@H](C)Oc2ccccc2)c1OC(C)=O. The van der Waals surface area contributed by atoms with Crippen LogP contribution in [-0.2, 0) is 14.3 Å². The molecule has 0 radical (unpaired) electrons. The maximum Gasteiger partial charge on any atom is 0.309 e. The van der Waals surface area contributed by atoms with Crippen LogP contribution < -0.4 is 18.9 Å². The fourth-order valence-electron chi connectivity index (χ4n) is 3.51. The normalized spacial score (nSPS) is 12.9. The van der Waals surface area contributed by atoms with Gasteiger partial charge >= 0.3 is 11.9 Å². The quantitative estimate of drug-likeness (QED) is 0.234. The number of ketones is 1. The van der Waals surface area contributed by atoms with Crippen LogP contribution in [0, 0.1) is 5.92 Å². The van der Waals surface area contributed by atoms with E-state index in [0.29, 0.717) is 11.5 Å². The first-order valence-corrected chi connectivity index (χ1v) is 12.1. The summed E-state index contributed by atoms with van der Waals surface area (Å²) >= 11 is 0. The Morgan fingerprint density at radius 1 is 0.895 bits per heavy atom. The van der Waals surface area contributed by atoms with Crippen molar-refractivity contribution in [2.45, 2.75) is 39.4 Å². The molecule has 38 heavy (non-hydrogen) atoms. The smallest absolute Gasteiger partial charge is 0.309 e. The summed E-state index contributed by atoms with van der Waals surface area (Å²) in [6.07, 6.45) is -0.190. The van der Waals surface area contributed by atoms with Gasteiger partial charge in [0.15, 0.2) is 23.3 Å². The van der Waals surface area contributed by atoms with Gasteiger partial charge in [0.1, 0.15) is 24.2 Å². The van der Waals surface area contributed by atoms with Crippen LogP contribution >= 0.6 is 0 Å². The summed E-state index contributed by atoms with van der Waals surface area (Å²) in [5, 5.41) is 0. The van der Waals surface area contributed by atoms with Crippen molar-refractivity contribution in [1.82, 2.24) is 4.98 Å². The van der Waals surface area contributed by atoms with Gasteiger partial charge in [-0.1, -0.05) is 43.3 Å². The third kappa shape index (κ3) is 8.06. The number of para-hydroxylation sites is 2. The van der Waals surface area contributed by atoms with Crippen LogP contribution in [0.4, 0.5) is 0 Å². The second kappa shape index (κ2) is 13.8. The molecule has 0 spiro atoms. The average Bonchev–Trinajstić information content (AvgIpc) is 2.91. The maximum atomic E-state index is 13.1. The van der Waals surface area contributed by atoms with Crippen LogP contribution in [0.25, 0.3) is 0 Å². The molecule has 0 fully saturated rings. The monoisotopic (exact) mass is 521 g/mol. The molecule has 0 aliphatic heterocycles. The average molecular weight is 522 g/mol. The van der Waals surface area contributed by atoms with Gasteiger partial charge in [0.2, 0.25) is 5.75 Å². The van der Waals surface area contributed by atoms with E-state index in [9.17, 15) is 14.4 Å². The van der Waals surface area contributed by atoms with Gasteiger partial charge in [-0.3, -0.25) is 14.4 Å². The topological polar surface area (TPSA) is 110 Å². The minimum atomic E-state index is -0.830. The van der Waals surface area contributed by atoms with Gasteiger partial charge < -0.3 is 23.7 Å². The molecule has 0 bridgehead atoms. The number of rotatable bonds is 13. The fraction of sp³-hybridized carbons (Fsp3) is 0.310. The number of methoxy groups -OCH3 is 1. The lowest BCUT2D eigenvalue weighted by atomic mass is 10.0. The molecule has 0 aliphatic carbocycles. The third-order valence-electron chi connectivity index (χ3n) is 5.51. The van der Waals surface area contributed by atoms with Crippen molar-refractivity contribution in [3.05, 3.63) is 78.6 Å². The zero-order valence-corrected chi connectivity index (χ0v) is 21.8. The summed E-state index contributed by atoms with van der Waals surface area (Å²) in [6, 6.07) is 19.8. The van der Waals surface area contributed by atoms with Crippen molar-refractivity contribution in [2.75, 3.05) is 13.7 Å². The number of carbonyl (C=O) groups excluding carboxylic acids is 3. The molecule has 200 valence electrons. The predicted molar refractivity (Wildman–Crippen MR) is 139 cm³/mol. The highest BCUT2D eigenvalue weighted by atomic mass is 16.6. The third-order valence-corrected chi connectivity index (χ3v) is 5.51. The minimum Gasteiger partial charge on any atom is -0.493 e. The number of carbonyl (C=O) groups is 3. The molecule has 9 heteroatoms. The number of Topliss-reactive ketones (excluding diaryl/α,β-unsaturated/α-hetero) is 1. The first-order valence-electron chi connectivity index (χ1n) is 12.1. The summed E-state index contributed by atoms with van der Waals surface area (Å²) in [4.78, 5) is 41.7.